The summed E-state index contributed by atoms with van der Waals surface area (Å²) in [6.07, 6.45) is 0.477. The molecule has 2 atom stereocenters. The van der Waals surface area contributed by atoms with Crippen molar-refractivity contribution in [3.63, 3.8) is 0 Å². The summed E-state index contributed by atoms with van der Waals surface area (Å²) in [7, 11) is 1.69. The van der Waals surface area contributed by atoms with Crippen molar-refractivity contribution in [2.45, 2.75) is 25.5 Å². The molecule has 0 aliphatic rings. The van der Waals surface area contributed by atoms with E-state index in [4.69, 9.17) is 4.74 Å². The molecule has 0 aliphatic heterocycles. The quantitative estimate of drug-likeness (QED) is 0.739. The average Bonchev–Trinajstić information content (AvgIpc) is 2.35. The molecule has 0 bridgehead atoms. The van der Waals surface area contributed by atoms with E-state index in [0.29, 0.717) is 13.2 Å². The van der Waals surface area contributed by atoms with Gasteiger partial charge in [0.25, 0.3) is 0 Å². The number of methoxy groups -OCH3 is 1. The van der Waals surface area contributed by atoms with Gasteiger partial charge in [0, 0.05) is 13.7 Å². The third kappa shape index (κ3) is 4.31. The highest BCUT2D eigenvalue weighted by molar-refractivity contribution is 5.18. The lowest BCUT2D eigenvalue weighted by Crippen LogP contribution is -2.32. The number of aliphatic hydroxyl groups excluding tert-OH is 1. The van der Waals surface area contributed by atoms with Crippen LogP contribution >= 0.6 is 0 Å². The highest BCUT2D eigenvalue weighted by atomic mass is 16.5. The van der Waals surface area contributed by atoms with Gasteiger partial charge in [-0.1, -0.05) is 37.3 Å². The van der Waals surface area contributed by atoms with E-state index in [0.717, 1.165) is 6.42 Å². The van der Waals surface area contributed by atoms with Crippen LogP contribution in [0.3, 0.4) is 0 Å². The van der Waals surface area contributed by atoms with Crippen LogP contribution in [-0.4, -0.2) is 31.5 Å². The van der Waals surface area contributed by atoms with Gasteiger partial charge in [-0.05, 0) is 12.0 Å². The first kappa shape index (κ1) is 13.2. The van der Waals surface area contributed by atoms with E-state index < -0.39 is 0 Å². The van der Waals surface area contributed by atoms with E-state index >= 15 is 0 Å². The molecule has 0 fully saturated rings. The van der Waals surface area contributed by atoms with E-state index in [1.54, 1.807) is 7.11 Å². The second kappa shape index (κ2) is 7.39. The molecule has 0 aliphatic carbocycles. The minimum Gasteiger partial charge on any atom is -0.392 e. The zero-order valence-electron chi connectivity index (χ0n) is 10.0. The first-order valence-electron chi connectivity index (χ1n) is 5.73. The molecule has 16 heavy (non-hydrogen) atoms. The number of benzene rings is 1. The molecule has 3 heteroatoms. The Balaban J connectivity index is 2.54. The number of aliphatic hydroxyl groups is 1. The molecular weight excluding hydrogens is 202 g/mol. The Morgan fingerprint density at radius 1 is 1.31 bits per heavy atom. The number of rotatable bonds is 7. The Hall–Kier alpha value is -0.900. The summed E-state index contributed by atoms with van der Waals surface area (Å²) < 4.78 is 5.18. The van der Waals surface area contributed by atoms with Crippen LogP contribution in [0.5, 0.6) is 0 Å². The predicted molar refractivity (Wildman–Crippen MR) is 65.4 cm³/mol. The third-order valence-corrected chi connectivity index (χ3v) is 2.61. The van der Waals surface area contributed by atoms with Crippen LogP contribution in [0, 0.1) is 0 Å². The molecule has 0 aromatic heterocycles. The first-order chi connectivity index (χ1) is 7.77. The van der Waals surface area contributed by atoms with Gasteiger partial charge >= 0.3 is 0 Å². The van der Waals surface area contributed by atoms with Gasteiger partial charge < -0.3 is 15.2 Å². The van der Waals surface area contributed by atoms with Crippen LogP contribution in [0.25, 0.3) is 0 Å². The molecule has 0 amide bonds. The Kier molecular flexibility index (Phi) is 6.08. The summed E-state index contributed by atoms with van der Waals surface area (Å²) in [5, 5.41) is 12.8. The van der Waals surface area contributed by atoms with Crippen molar-refractivity contribution in [1.82, 2.24) is 5.32 Å². The van der Waals surface area contributed by atoms with Crippen molar-refractivity contribution in [2.75, 3.05) is 20.3 Å². The molecule has 0 saturated heterocycles. The maximum atomic E-state index is 9.52. The lowest BCUT2D eigenvalue weighted by molar-refractivity contribution is 0.136. The Labute approximate surface area is 97.4 Å². The number of hydrogen-bond donors (Lipinski definition) is 2. The normalized spacial score (nSPS) is 14.7. The molecule has 0 unspecified atom stereocenters. The van der Waals surface area contributed by atoms with Gasteiger partial charge in [-0.3, -0.25) is 0 Å². The monoisotopic (exact) mass is 223 g/mol. The molecule has 0 radical (unpaired) electrons. The van der Waals surface area contributed by atoms with Gasteiger partial charge in [-0.2, -0.15) is 0 Å². The lowest BCUT2D eigenvalue weighted by atomic mass is 10.1. The van der Waals surface area contributed by atoms with Crippen LogP contribution in [-0.2, 0) is 4.74 Å². The van der Waals surface area contributed by atoms with Crippen LogP contribution in [0.1, 0.15) is 24.9 Å². The SMILES string of the molecule is CC[C@H](O)CN[C@@H](COC)c1ccccc1. The van der Waals surface area contributed by atoms with Gasteiger partial charge in [-0.15, -0.1) is 0 Å². The number of nitrogens with one attached hydrogen (secondary N) is 1. The fourth-order valence-electron chi connectivity index (χ4n) is 1.55. The first-order valence-corrected chi connectivity index (χ1v) is 5.73. The fourth-order valence-corrected chi connectivity index (χ4v) is 1.55. The molecule has 1 rings (SSSR count). The number of hydrogen-bond acceptors (Lipinski definition) is 3. The molecule has 0 spiro atoms. The molecule has 0 heterocycles. The van der Waals surface area contributed by atoms with Crippen LogP contribution in [0.2, 0.25) is 0 Å². The van der Waals surface area contributed by atoms with Gasteiger partial charge in [-0.25, -0.2) is 0 Å². The van der Waals surface area contributed by atoms with Crippen LogP contribution < -0.4 is 5.32 Å². The van der Waals surface area contributed by atoms with Crippen molar-refractivity contribution in [3.8, 4) is 0 Å². The van der Waals surface area contributed by atoms with Gasteiger partial charge in [0.1, 0.15) is 0 Å². The minimum atomic E-state index is -0.289. The molecule has 1 aromatic rings. The maximum Gasteiger partial charge on any atom is 0.0662 e. The molecule has 1 aromatic carbocycles. The van der Waals surface area contributed by atoms with E-state index in [2.05, 4.69) is 17.4 Å². The average molecular weight is 223 g/mol. The standard InChI is InChI=1S/C13H21NO2/c1-3-12(15)9-14-13(10-16-2)11-7-5-4-6-8-11/h4-8,12-15H,3,9-10H2,1-2H3/t12-,13-/m0/s1. The largest absolute Gasteiger partial charge is 0.392 e. The zero-order chi connectivity index (χ0) is 11.8. The highest BCUT2D eigenvalue weighted by Gasteiger charge is 2.11. The Morgan fingerprint density at radius 2 is 2.00 bits per heavy atom. The minimum absolute atomic E-state index is 0.146. The van der Waals surface area contributed by atoms with E-state index in [1.807, 2.05) is 25.1 Å². The topological polar surface area (TPSA) is 41.5 Å². The van der Waals surface area contributed by atoms with Gasteiger partial charge in [0.05, 0.1) is 18.8 Å². The molecule has 90 valence electrons. The fraction of sp³-hybridized carbons (Fsp3) is 0.538. The second-order valence-electron chi connectivity index (χ2n) is 3.89. The summed E-state index contributed by atoms with van der Waals surface area (Å²) in [5.41, 5.74) is 1.19. The smallest absolute Gasteiger partial charge is 0.0662 e. The van der Waals surface area contributed by atoms with Crippen LogP contribution in [0.15, 0.2) is 30.3 Å². The Morgan fingerprint density at radius 3 is 2.56 bits per heavy atom. The van der Waals surface area contributed by atoms with Gasteiger partial charge in [0.15, 0.2) is 0 Å². The van der Waals surface area contributed by atoms with Crippen molar-refractivity contribution < 1.29 is 9.84 Å². The molecule has 2 N–H and O–H groups in total. The summed E-state index contributed by atoms with van der Waals surface area (Å²) in [6, 6.07) is 10.3. The zero-order valence-corrected chi connectivity index (χ0v) is 10.0. The highest BCUT2D eigenvalue weighted by Crippen LogP contribution is 2.12. The van der Waals surface area contributed by atoms with Crippen LogP contribution in [0.4, 0.5) is 0 Å². The summed E-state index contributed by atoms with van der Waals surface area (Å²) >= 11 is 0. The lowest BCUT2D eigenvalue weighted by Gasteiger charge is -2.20. The summed E-state index contributed by atoms with van der Waals surface area (Å²) in [6.45, 7) is 3.18. The summed E-state index contributed by atoms with van der Waals surface area (Å²) in [5.74, 6) is 0. The van der Waals surface area contributed by atoms with Crippen molar-refractivity contribution >= 4 is 0 Å². The van der Waals surface area contributed by atoms with Crippen molar-refractivity contribution in [3.05, 3.63) is 35.9 Å². The Bertz CT molecular complexity index is 277. The molecular formula is C13H21NO2. The van der Waals surface area contributed by atoms with E-state index in [9.17, 15) is 5.11 Å². The second-order valence-corrected chi connectivity index (χ2v) is 3.89. The summed E-state index contributed by atoms with van der Waals surface area (Å²) in [4.78, 5) is 0. The van der Waals surface area contributed by atoms with Crippen molar-refractivity contribution in [1.29, 1.82) is 0 Å². The van der Waals surface area contributed by atoms with Gasteiger partial charge in [0.2, 0.25) is 0 Å². The maximum absolute atomic E-state index is 9.52. The predicted octanol–water partition coefficient (Wildman–Crippen LogP) is 1.73. The molecule has 0 saturated carbocycles. The number of ether oxygens (including phenoxy) is 1. The third-order valence-electron chi connectivity index (χ3n) is 2.61. The van der Waals surface area contributed by atoms with E-state index in [-0.39, 0.29) is 12.1 Å². The molecule has 3 nitrogen and oxygen atoms in total. The van der Waals surface area contributed by atoms with Crippen molar-refractivity contribution in [2.24, 2.45) is 0 Å². The van der Waals surface area contributed by atoms with E-state index in [1.165, 1.54) is 5.56 Å².